The molecule has 204 valence electrons. The van der Waals surface area contributed by atoms with Gasteiger partial charge in [0.25, 0.3) is 5.91 Å². The van der Waals surface area contributed by atoms with Gasteiger partial charge in [-0.15, -0.1) is 0 Å². The van der Waals surface area contributed by atoms with Gasteiger partial charge in [0.15, 0.2) is 5.69 Å². The lowest BCUT2D eigenvalue weighted by Gasteiger charge is -2.23. The van der Waals surface area contributed by atoms with Gasteiger partial charge in [-0.25, -0.2) is 8.91 Å². The highest BCUT2D eigenvalue weighted by molar-refractivity contribution is 6.05. The predicted molar refractivity (Wildman–Crippen MR) is 143 cm³/mol. The lowest BCUT2D eigenvalue weighted by Crippen LogP contribution is -2.44. The first-order valence-corrected chi connectivity index (χ1v) is 12.5. The monoisotopic (exact) mass is 552 g/mol. The van der Waals surface area contributed by atoms with Crippen molar-refractivity contribution < 1.29 is 18.8 Å². The van der Waals surface area contributed by atoms with E-state index in [9.17, 15) is 18.8 Å². The number of rotatable bonds is 6. The number of aromatic nitrogens is 6. The number of fused-ring (bicyclic) bond motifs is 2. The van der Waals surface area contributed by atoms with Crippen molar-refractivity contribution in [2.24, 2.45) is 5.73 Å². The zero-order valence-electron chi connectivity index (χ0n) is 21.3. The van der Waals surface area contributed by atoms with E-state index in [1.165, 1.54) is 32.7 Å². The molecule has 1 aliphatic heterocycles. The van der Waals surface area contributed by atoms with Crippen LogP contribution in [-0.4, -0.2) is 71.0 Å². The van der Waals surface area contributed by atoms with Gasteiger partial charge in [0.2, 0.25) is 11.8 Å². The highest BCUT2D eigenvalue weighted by Crippen LogP contribution is 2.28. The standard InChI is InChI=1S/C27H21FN10O3/c28-18-8-23(27(41)34-20-11-33-37-12-15(9-29)1-3-22(20)37)36(13-18)24(39)14-38-21-4-2-16(17-5-6-31-32-10-17)7-19(21)25(35-38)26(30)40/h1-7,10-12,18,23H,8,13-14H2,(H2,30,40)(H,34,41). The quantitative estimate of drug-likeness (QED) is 0.320. The van der Waals surface area contributed by atoms with E-state index in [-0.39, 0.29) is 25.2 Å². The van der Waals surface area contributed by atoms with Crippen LogP contribution >= 0.6 is 0 Å². The van der Waals surface area contributed by atoms with Gasteiger partial charge in [0.1, 0.15) is 24.8 Å². The number of hydrogen-bond acceptors (Lipinski definition) is 8. The number of benzene rings is 1. The lowest BCUT2D eigenvalue weighted by molar-refractivity contribution is -0.137. The topological polar surface area (TPSA) is 177 Å². The Labute approximate surface area is 231 Å². The van der Waals surface area contributed by atoms with E-state index in [2.05, 4.69) is 25.7 Å². The molecule has 0 radical (unpaired) electrons. The Hall–Kier alpha value is -5.71. The van der Waals surface area contributed by atoms with Crippen LogP contribution in [0.4, 0.5) is 10.1 Å². The van der Waals surface area contributed by atoms with E-state index >= 15 is 0 Å². The Morgan fingerprint density at radius 3 is 2.68 bits per heavy atom. The number of primary amides is 1. The highest BCUT2D eigenvalue weighted by Gasteiger charge is 2.40. The number of halogens is 1. The molecule has 6 rings (SSSR count). The number of amides is 3. The first kappa shape index (κ1) is 25.6. The van der Waals surface area contributed by atoms with Crippen molar-refractivity contribution in [3.8, 4) is 17.2 Å². The number of nitrogens with one attached hydrogen (secondary N) is 1. The summed E-state index contributed by atoms with van der Waals surface area (Å²) in [4.78, 5) is 40.0. The second kappa shape index (κ2) is 10.1. The van der Waals surface area contributed by atoms with Crippen LogP contribution < -0.4 is 11.1 Å². The molecule has 4 aromatic heterocycles. The second-order valence-corrected chi connectivity index (χ2v) is 9.54. The van der Waals surface area contributed by atoms with Crippen molar-refractivity contribution >= 4 is 39.8 Å². The third kappa shape index (κ3) is 4.69. The number of hydrogen-bond donors (Lipinski definition) is 2. The van der Waals surface area contributed by atoms with Crippen molar-refractivity contribution in [3.05, 3.63) is 72.4 Å². The fourth-order valence-corrected chi connectivity index (χ4v) is 5.01. The molecule has 0 saturated carbocycles. The summed E-state index contributed by atoms with van der Waals surface area (Å²) in [6, 6.07) is 11.1. The van der Waals surface area contributed by atoms with Crippen LogP contribution in [0.1, 0.15) is 22.5 Å². The third-order valence-electron chi connectivity index (χ3n) is 6.96. The van der Waals surface area contributed by atoms with Crippen molar-refractivity contribution in [2.75, 3.05) is 11.9 Å². The van der Waals surface area contributed by atoms with Gasteiger partial charge in [-0.1, -0.05) is 6.07 Å². The number of anilines is 1. The maximum Gasteiger partial charge on any atom is 0.269 e. The zero-order chi connectivity index (χ0) is 28.7. The molecule has 3 amide bonds. The number of nitrogens with two attached hydrogens (primary N) is 1. The van der Waals surface area contributed by atoms with Crippen molar-refractivity contribution in [3.63, 3.8) is 0 Å². The molecular formula is C27H21FN10O3. The maximum atomic E-state index is 14.6. The van der Waals surface area contributed by atoms with Gasteiger partial charge in [0, 0.05) is 23.6 Å². The summed E-state index contributed by atoms with van der Waals surface area (Å²) in [5, 5.41) is 28.3. The van der Waals surface area contributed by atoms with Crippen LogP contribution in [-0.2, 0) is 16.1 Å². The van der Waals surface area contributed by atoms with Crippen LogP contribution in [0.3, 0.4) is 0 Å². The average molecular weight is 553 g/mol. The molecule has 0 spiro atoms. The zero-order valence-corrected chi connectivity index (χ0v) is 21.3. The molecule has 13 nitrogen and oxygen atoms in total. The molecule has 1 aromatic carbocycles. The summed E-state index contributed by atoms with van der Waals surface area (Å²) in [7, 11) is 0. The number of carbonyl (C=O) groups excluding carboxylic acids is 3. The summed E-state index contributed by atoms with van der Waals surface area (Å²) in [6.07, 6.45) is 4.47. The Kier molecular flexibility index (Phi) is 6.31. The van der Waals surface area contributed by atoms with Gasteiger partial charge in [0.05, 0.1) is 47.4 Å². The normalized spacial score (nSPS) is 16.6. The number of alkyl halides is 1. The largest absolute Gasteiger partial charge is 0.364 e. The molecule has 5 heterocycles. The van der Waals surface area contributed by atoms with Crippen LogP contribution in [0.2, 0.25) is 0 Å². The molecule has 2 unspecified atom stereocenters. The van der Waals surface area contributed by atoms with E-state index in [1.54, 1.807) is 42.6 Å². The van der Waals surface area contributed by atoms with E-state index in [0.29, 0.717) is 27.7 Å². The van der Waals surface area contributed by atoms with E-state index < -0.39 is 29.9 Å². The molecule has 14 heteroatoms. The maximum absolute atomic E-state index is 14.6. The number of nitriles is 1. The Balaban J connectivity index is 1.25. The van der Waals surface area contributed by atoms with Crippen LogP contribution in [0, 0.1) is 11.3 Å². The lowest BCUT2D eigenvalue weighted by atomic mass is 10.0. The number of carbonyl (C=O) groups is 3. The molecule has 41 heavy (non-hydrogen) atoms. The summed E-state index contributed by atoms with van der Waals surface area (Å²) < 4.78 is 17.3. The molecule has 1 aliphatic rings. The second-order valence-electron chi connectivity index (χ2n) is 9.54. The summed E-state index contributed by atoms with van der Waals surface area (Å²) in [5.41, 5.74) is 8.82. The summed E-state index contributed by atoms with van der Waals surface area (Å²) in [5.74, 6) is -1.90. The Morgan fingerprint density at radius 1 is 1.10 bits per heavy atom. The van der Waals surface area contributed by atoms with Gasteiger partial charge in [-0.2, -0.15) is 25.7 Å². The SMILES string of the molecule is N#Cc1ccc2c(NC(=O)C3CC(F)CN3C(=O)Cn3nc(C(N)=O)c4cc(-c5ccnnc5)ccc43)cnn2c1. The number of pyridine rings is 1. The summed E-state index contributed by atoms with van der Waals surface area (Å²) in [6.45, 7) is -0.609. The fourth-order valence-electron chi connectivity index (χ4n) is 5.01. The van der Waals surface area contributed by atoms with Gasteiger partial charge in [-0.05, 0) is 35.9 Å². The highest BCUT2D eigenvalue weighted by atomic mass is 19.1. The van der Waals surface area contributed by atoms with E-state index in [1.807, 2.05) is 6.07 Å². The van der Waals surface area contributed by atoms with Crippen molar-refractivity contribution in [1.82, 2.24) is 34.5 Å². The average Bonchev–Trinajstić information content (AvgIpc) is 3.68. The summed E-state index contributed by atoms with van der Waals surface area (Å²) >= 11 is 0. The van der Waals surface area contributed by atoms with Crippen molar-refractivity contribution in [1.29, 1.82) is 5.26 Å². The first-order valence-electron chi connectivity index (χ1n) is 12.5. The van der Waals surface area contributed by atoms with Gasteiger partial charge in [-0.3, -0.25) is 19.1 Å². The molecule has 5 aromatic rings. The molecular weight excluding hydrogens is 531 g/mol. The van der Waals surface area contributed by atoms with E-state index in [4.69, 9.17) is 11.0 Å². The molecule has 2 atom stereocenters. The Bertz CT molecular complexity index is 1880. The van der Waals surface area contributed by atoms with Crippen LogP contribution in [0.25, 0.3) is 27.5 Å². The van der Waals surface area contributed by atoms with Crippen LogP contribution in [0.15, 0.2) is 61.2 Å². The minimum atomic E-state index is -1.40. The van der Waals surface area contributed by atoms with Gasteiger partial charge < -0.3 is 16.0 Å². The third-order valence-corrected chi connectivity index (χ3v) is 6.96. The Morgan fingerprint density at radius 2 is 1.93 bits per heavy atom. The predicted octanol–water partition coefficient (Wildman–Crippen LogP) is 1.69. The minimum Gasteiger partial charge on any atom is -0.364 e. The fraction of sp³-hybridized carbons (Fsp3) is 0.185. The molecule has 1 saturated heterocycles. The number of likely N-dealkylation sites (tertiary alicyclic amines) is 1. The van der Waals surface area contributed by atoms with Crippen molar-refractivity contribution in [2.45, 2.75) is 25.2 Å². The molecule has 0 aliphatic carbocycles. The van der Waals surface area contributed by atoms with E-state index in [0.717, 1.165) is 11.1 Å². The minimum absolute atomic E-state index is 0.0246. The number of nitrogens with zero attached hydrogens (tertiary/aromatic N) is 8. The first-order chi connectivity index (χ1) is 19.8. The molecule has 1 fully saturated rings. The smallest absolute Gasteiger partial charge is 0.269 e. The van der Waals surface area contributed by atoms with Crippen LogP contribution in [0.5, 0.6) is 0 Å². The molecule has 0 bridgehead atoms. The molecule has 3 N–H and O–H groups in total. The van der Waals surface area contributed by atoms with Gasteiger partial charge >= 0.3 is 0 Å².